The number of nitrogens with one attached hydrogen (secondary N) is 1. The number of halogens is 1. The second-order valence-electron chi connectivity index (χ2n) is 9.41. The molecule has 2 N–H and O–H groups in total. The molecule has 1 amide bonds. The Labute approximate surface area is 206 Å². The first-order chi connectivity index (χ1) is 15.9. The SMILES string of the molecule is CC1CCCCC1N(Cc1ccc(C(=O)NC(C)(C)C(=O)O)cc1)S(=O)(=O)c1ccc(Cl)cc1. The molecule has 1 aliphatic carbocycles. The molecule has 1 aliphatic rings. The standard InChI is InChI=1S/C25H31ClN2O5S/c1-17-6-4-5-7-22(17)28(34(32,33)21-14-12-20(26)13-15-21)16-18-8-10-19(11-9-18)23(29)27-25(2,3)24(30)31/h8-15,17,22H,4-7,16H2,1-3H3,(H,27,29)(H,30,31). The number of carboxylic acids is 1. The van der Waals surface area contributed by atoms with E-state index >= 15 is 0 Å². The van der Waals surface area contributed by atoms with Crippen molar-refractivity contribution in [3.8, 4) is 0 Å². The summed E-state index contributed by atoms with van der Waals surface area (Å²) in [7, 11) is -3.78. The number of rotatable bonds is 8. The van der Waals surface area contributed by atoms with Crippen molar-refractivity contribution in [2.75, 3.05) is 0 Å². The van der Waals surface area contributed by atoms with Crippen LogP contribution in [0.3, 0.4) is 0 Å². The highest BCUT2D eigenvalue weighted by Gasteiger charge is 2.36. The molecule has 0 spiro atoms. The number of hydrogen-bond donors (Lipinski definition) is 2. The van der Waals surface area contributed by atoms with Gasteiger partial charge >= 0.3 is 5.97 Å². The van der Waals surface area contributed by atoms with E-state index in [9.17, 15) is 23.1 Å². The zero-order valence-electron chi connectivity index (χ0n) is 19.6. The first kappa shape index (κ1) is 26.2. The summed E-state index contributed by atoms with van der Waals surface area (Å²) in [6.07, 6.45) is 3.82. The molecular weight excluding hydrogens is 476 g/mol. The minimum Gasteiger partial charge on any atom is -0.480 e. The van der Waals surface area contributed by atoms with Crippen molar-refractivity contribution in [1.29, 1.82) is 0 Å². The van der Waals surface area contributed by atoms with Crippen LogP contribution >= 0.6 is 11.6 Å². The van der Waals surface area contributed by atoms with Crippen LogP contribution in [-0.4, -0.2) is 41.3 Å². The van der Waals surface area contributed by atoms with Crippen LogP contribution in [0.5, 0.6) is 0 Å². The second kappa shape index (κ2) is 10.5. The summed E-state index contributed by atoms with van der Waals surface area (Å²) >= 11 is 5.97. The maximum Gasteiger partial charge on any atom is 0.328 e. The number of benzene rings is 2. The molecule has 2 unspecified atom stereocenters. The zero-order valence-corrected chi connectivity index (χ0v) is 21.2. The van der Waals surface area contributed by atoms with E-state index in [2.05, 4.69) is 12.2 Å². The predicted octanol–water partition coefficient (Wildman–Crippen LogP) is 4.70. The lowest BCUT2D eigenvalue weighted by Gasteiger charge is -2.37. The highest BCUT2D eigenvalue weighted by Crippen LogP contribution is 2.33. The van der Waals surface area contributed by atoms with Gasteiger partial charge in [-0.15, -0.1) is 0 Å². The molecule has 0 heterocycles. The van der Waals surface area contributed by atoms with Crippen LogP contribution in [0.1, 0.15) is 62.4 Å². The van der Waals surface area contributed by atoms with Gasteiger partial charge < -0.3 is 10.4 Å². The fourth-order valence-corrected chi connectivity index (χ4v) is 6.06. The van der Waals surface area contributed by atoms with Crippen molar-refractivity contribution < 1.29 is 23.1 Å². The molecule has 2 aromatic rings. The number of nitrogens with zero attached hydrogens (tertiary/aromatic N) is 1. The maximum atomic E-state index is 13.7. The minimum atomic E-state index is -3.78. The molecule has 2 atom stereocenters. The Morgan fingerprint density at radius 2 is 1.65 bits per heavy atom. The number of sulfonamides is 1. The molecule has 184 valence electrons. The third-order valence-corrected chi connectivity index (χ3v) is 8.51. The lowest BCUT2D eigenvalue weighted by molar-refractivity contribution is -0.143. The fraction of sp³-hybridized carbons (Fsp3) is 0.440. The van der Waals surface area contributed by atoms with Crippen molar-refractivity contribution in [3.63, 3.8) is 0 Å². The highest BCUT2D eigenvalue weighted by atomic mass is 35.5. The van der Waals surface area contributed by atoms with E-state index < -0.39 is 27.4 Å². The number of hydrogen-bond acceptors (Lipinski definition) is 4. The molecule has 0 aromatic heterocycles. The van der Waals surface area contributed by atoms with Crippen LogP contribution in [0, 0.1) is 5.92 Å². The fourth-order valence-electron chi connectivity index (χ4n) is 4.20. The van der Waals surface area contributed by atoms with Crippen molar-refractivity contribution in [3.05, 3.63) is 64.7 Å². The molecule has 2 aromatic carbocycles. The first-order valence-corrected chi connectivity index (χ1v) is 13.2. The highest BCUT2D eigenvalue weighted by molar-refractivity contribution is 7.89. The van der Waals surface area contributed by atoms with Gasteiger partial charge in [-0.05, 0) is 74.6 Å². The predicted molar refractivity (Wildman–Crippen MR) is 131 cm³/mol. The van der Waals surface area contributed by atoms with Gasteiger partial charge in [-0.25, -0.2) is 13.2 Å². The Hall–Kier alpha value is -2.42. The summed E-state index contributed by atoms with van der Waals surface area (Å²) in [6.45, 7) is 5.08. The van der Waals surface area contributed by atoms with E-state index in [1.54, 1.807) is 40.7 Å². The van der Waals surface area contributed by atoms with E-state index in [0.29, 0.717) is 10.6 Å². The van der Waals surface area contributed by atoms with Crippen molar-refractivity contribution in [2.45, 2.75) is 69.5 Å². The minimum absolute atomic E-state index is 0.131. The largest absolute Gasteiger partial charge is 0.480 e. The van der Waals surface area contributed by atoms with Gasteiger partial charge in [-0.3, -0.25) is 4.79 Å². The third-order valence-electron chi connectivity index (χ3n) is 6.37. The smallest absolute Gasteiger partial charge is 0.328 e. The topological polar surface area (TPSA) is 104 Å². The quantitative estimate of drug-likeness (QED) is 0.540. The number of amides is 1. The van der Waals surface area contributed by atoms with E-state index in [1.807, 2.05) is 0 Å². The Kier molecular flexibility index (Phi) is 8.06. The van der Waals surface area contributed by atoms with Gasteiger partial charge in [0.2, 0.25) is 10.0 Å². The molecule has 0 saturated heterocycles. The molecule has 3 rings (SSSR count). The van der Waals surface area contributed by atoms with Gasteiger partial charge in [-0.2, -0.15) is 4.31 Å². The van der Waals surface area contributed by atoms with Crippen LogP contribution in [0.4, 0.5) is 0 Å². The number of carbonyl (C=O) groups excluding carboxylic acids is 1. The second-order valence-corrected chi connectivity index (χ2v) is 11.7. The maximum absolute atomic E-state index is 13.7. The van der Waals surface area contributed by atoms with Crippen molar-refractivity contribution in [2.24, 2.45) is 5.92 Å². The molecule has 1 saturated carbocycles. The zero-order chi connectivity index (χ0) is 25.1. The average molecular weight is 507 g/mol. The normalized spacial score (nSPS) is 19.1. The summed E-state index contributed by atoms with van der Waals surface area (Å²) in [5, 5.41) is 12.2. The Bertz CT molecular complexity index is 1130. The van der Waals surface area contributed by atoms with Gasteiger partial charge in [0.1, 0.15) is 5.54 Å². The van der Waals surface area contributed by atoms with Gasteiger partial charge in [0.15, 0.2) is 0 Å². The third kappa shape index (κ3) is 5.98. The number of carbonyl (C=O) groups is 2. The lowest BCUT2D eigenvalue weighted by atomic mass is 9.86. The Morgan fingerprint density at radius 1 is 1.06 bits per heavy atom. The Balaban J connectivity index is 1.87. The van der Waals surface area contributed by atoms with E-state index in [-0.39, 0.29) is 23.4 Å². The molecule has 0 aliphatic heterocycles. The number of carboxylic acid groups (broad SMARTS) is 1. The van der Waals surface area contributed by atoms with E-state index in [4.69, 9.17) is 11.6 Å². The van der Waals surface area contributed by atoms with Crippen LogP contribution in [0.25, 0.3) is 0 Å². The summed E-state index contributed by atoms with van der Waals surface area (Å²) in [5.74, 6) is -1.42. The molecule has 9 heteroatoms. The van der Waals surface area contributed by atoms with Crippen LogP contribution in [0.2, 0.25) is 5.02 Å². The van der Waals surface area contributed by atoms with E-state index in [0.717, 1.165) is 31.2 Å². The summed E-state index contributed by atoms with van der Waals surface area (Å²) in [5.41, 5.74) is -0.364. The monoisotopic (exact) mass is 506 g/mol. The lowest BCUT2D eigenvalue weighted by Crippen LogP contribution is -2.49. The van der Waals surface area contributed by atoms with Gasteiger partial charge in [0.05, 0.1) is 4.90 Å². The first-order valence-electron chi connectivity index (χ1n) is 11.3. The van der Waals surface area contributed by atoms with Gasteiger partial charge in [0, 0.05) is 23.2 Å². The van der Waals surface area contributed by atoms with Crippen LogP contribution < -0.4 is 5.32 Å². The van der Waals surface area contributed by atoms with E-state index in [1.165, 1.54) is 26.0 Å². The summed E-state index contributed by atoms with van der Waals surface area (Å²) in [6, 6.07) is 12.6. The molecule has 7 nitrogen and oxygen atoms in total. The average Bonchev–Trinajstić information content (AvgIpc) is 2.78. The van der Waals surface area contributed by atoms with Crippen LogP contribution in [-0.2, 0) is 21.4 Å². The van der Waals surface area contributed by atoms with Crippen molar-refractivity contribution >= 4 is 33.5 Å². The van der Waals surface area contributed by atoms with Crippen molar-refractivity contribution in [1.82, 2.24) is 9.62 Å². The summed E-state index contributed by atoms with van der Waals surface area (Å²) < 4.78 is 28.9. The van der Waals surface area contributed by atoms with Crippen LogP contribution in [0.15, 0.2) is 53.4 Å². The molecule has 0 bridgehead atoms. The van der Waals surface area contributed by atoms with Gasteiger partial charge in [0.25, 0.3) is 5.91 Å². The van der Waals surface area contributed by atoms with Gasteiger partial charge in [-0.1, -0.05) is 43.5 Å². The molecule has 34 heavy (non-hydrogen) atoms. The Morgan fingerprint density at radius 3 is 2.21 bits per heavy atom. The molecule has 1 fully saturated rings. The summed E-state index contributed by atoms with van der Waals surface area (Å²) in [4.78, 5) is 23.9. The molecule has 0 radical (unpaired) electrons. The number of aliphatic carboxylic acids is 1. The molecular formula is C25H31ClN2O5S.